The number of carbonyl (C=O) groups is 1. The number of imidazole rings is 1. The van der Waals surface area contributed by atoms with Crippen LogP contribution in [-0.4, -0.2) is 28.4 Å². The standard InChI is InChI=1S/C18H17Cl2N3O2/c19-13-6-7-15(20)16(10-13)25-12-18(24)21-8-3-5-17-22-11-14-4-1-2-9-23(14)17/h1-2,4,6-7,9-11H,3,5,8,12H2,(H,21,24). The van der Waals surface area contributed by atoms with E-state index in [0.29, 0.717) is 22.3 Å². The normalized spacial score (nSPS) is 10.8. The van der Waals surface area contributed by atoms with Crippen LogP contribution in [0.15, 0.2) is 48.8 Å². The highest BCUT2D eigenvalue weighted by Crippen LogP contribution is 2.27. The van der Waals surface area contributed by atoms with Gasteiger partial charge in [0.25, 0.3) is 5.91 Å². The fraction of sp³-hybridized carbons (Fsp3) is 0.222. The van der Waals surface area contributed by atoms with Crippen molar-refractivity contribution in [3.63, 3.8) is 0 Å². The molecule has 130 valence electrons. The third kappa shape index (κ3) is 4.65. The lowest BCUT2D eigenvalue weighted by Gasteiger charge is -2.09. The van der Waals surface area contributed by atoms with Crippen LogP contribution < -0.4 is 10.1 Å². The molecule has 0 saturated carbocycles. The van der Waals surface area contributed by atoms with E-state index in [2.05, 4.69) is 10.3 Å². The molecular weight excluding hydrogens is 361 g/mol. The van der Waals surface area contributed by atoms with Crippen molar-refractivity contribution in [2.24, 2.45) is 0 Å². The SMILES string of the molecule is O=C(COc1cc(Cl)ccc1Cl)NCCCc1ncc2ccccn12. The summed E-state index contributed by atoms with van der Waals surface area (Å²) in [6, 6.07) is 10.8. The van der Waals surface area contributed by atoms with Gasteiger partial charge < -0.3 is 14.5 Å². The molecule has 0 saturated heterocycles. The van der Waals surface area contributed by atoms with E-state index in [1.165, 1.54) is 0 Å². The van der Waals surface area contributed by atoms with Gasteiger partial charge in [-0.2, -0.15) is 0 Å². The smallest absolute Gasteiger partial charge is 0.257 e. The molecule has 0 aliphatic heterocycles. The lowest BCUT2D eigenvalue weighted by molar-refractivity contribution is -0.123. The van der Waals surface area contributed by atoms with Gasteiger partial charge in [0.2, 0.25) is 0 Å². The molecule has 3 aromatic rings. The summed E-state index contributed by atoms with van der Waals surface area (Å²) in [6.45, 7) is 0.444. The number of pyridine rings is 1. The molecule has 7 heteroatoms. The maximum Gasteiger partial charge on any atom is 0.257 e. The van der Waals surface area contributed by atoms with Crippen LogP contribution in [0, 0.1) is 0 Å². The number of hydrogen-bond donors (Lipinski definition) is 1. The maximum atomic E-state index is 11.9. The first-order valence-corrected chi connectivity index (χ1v) is 8.64. The van der Waals surface area contributed by atoms with Crippen LogP contribution in [0.25, 0.3) is 5.52 Å². The maximum absolute atomic E-state index is 11.9. The molecule has 0 unspecified atom stereocenters. The Morgan fingerprint density at radius 3 is 3.00 bits per heavy atom. The van der Waals surface area contributed by atoms with Gasteiger partial charge in [0.1, 0.15) is 11.6 Å². The lowest BCUT2D eigenvalue weighted by Crippen LogP contribution is -2.30. The van der Waals surface area contributed by atoms with Gasteiger partial charge in [-0.1, -0.05) is 29.3 Å². The van der Waals surface area contributed by atoms with E-state index in [4.69, 9.17) is 27.9 Å². The van der Waals surface area contributed by atoms with E-state index in [0.717, 1.165) is 24.2 Å². The number of aromatic nitrogens is 2. The predicted octanol–water partition coefficient (Wildman–Crippen LogP) is 3.77. The number of benzene rings is 1. The molecule has 1 N–H and O–H groups in total. The summed E-state index contributed by atoms with van der Waals surface area (Å²) in [7, 11) is 0. The molecule has 0 atom stereocenters. The van der Waals surface area contributed by atoms with Crippen molar-refractivity contribution in [3.05, 3.63) is 64.7 Å². The summed E-state index contributed by atoms with van der Waals surface area (Å²) in [5.74, 6) is 1.17. The highest BCUT2D eigenvalue weighted by molar-refractivity contribution is 6.34. The topological polar surface area (TPSA) is 55.6 Å². The Hall–Kier alpha value is -2.24. The first-order chi connectivity index (χ1) is 12.1. The lowest BCUT2D eigenvalue weighted by atomic mass is 10.3. The molecular formula is C18H17Cl2N3O2. The Kier molecular flexibility index (Phi) is 5.79. The second-order valence-electron chi connectivity index (χ2n) is 5.49. The van der Waals surface area contributed by atoms with Gasteiger partial charge in [-0.15, -0.1) is 0 Å². The monoisotopic (exact) mass is 377 g/mol. The van der Waals surface area contributed by atoms with E-state index in [1.54, 1.807) is 18.2 Å². The number of nitrogens with one attached hydrogen (secondary N) is 1. The Morgan fingerprint density at radius 2 is 2.12 bits per heavy atom. The molecule has 0 aliphatic carbocycles. The van der Waals surface area contributed by atoms with Crippen LogP contribution in [0.1, 0.15) is 12.2 Å². The van der Waals surface area contributed by atoms with Crippen molar-refractivity contribution in [2.45, 2.75) is 12.8 Å². The third-order valence-electron chi connectivity index (χ3n) is 3.67. The second kappa shape index (κ2) is 8.23. The highest BCUT2D eigenvalue weighted by Gasteiger charge is 2.07. The third-order valence-corrected chi connectivity index (χ3v) is 4.21. The molecule has 3 rings (SSSR count). The number of nitrogens with zero attached hydrogens (tertiary/aromatic N) is 2. The molecule has 2 heterocycles. The molecule has 1 aromatic carbocycles. The van der Waals surface area contributed by atoms with Gasteiger partial charge in [0.05, 0.1) is 16.7 Å². The quantitative estimate of drug-likeness (QED) is 0.637. The molecule has 1 amide bonds. The minimum Gasteiger partial charge on any atom is -0.482 e. The van der Waals surface area contributed by atoms with Crippen molar-refractivity contribution in [3.8, 4) is 5.75 Å². The minimum absolute atomic E-state index is 0.105. The van der Waals surface area contributed by atoms with E-state index >= 15 is 0 Å². The van der Waals surface area contributed by atoms with Gasteiger partial charge in [0, 0.05) is 30.3 Å². The van der Waals surface area contributed by atoms with Crippen LogP contribution in [0.5, 0.6) is 5.75 Å². The van der Waals surface area contributed by atoms with Crippen molar-refractivity contribution < 1.29 is 9.53 Å². The van der Waals surface area contributed by atoms with Gasteiger partial charge in [-0.25, -0.2) is 4.98 Å². The van der Waals surface area contributed by atoms with Crippen molar-refractivity contribution in [2.75, 3.05) is 13.2 Å². The average molecular weight is 378 g/mol. The number of fused-ring (bicyclic) bond motifs is 1. The summed E-state index contributed by atoms with van der Waals surface area (Å²) < 4.78 is 7.44. The Morgan fingerprint density at radius 1 is 1.24 bits per heavy atom. The Labute approximate surface area is 155 Å². The number of hydrogen-bond acceptors (Lipinski definition) is 3. The van der Waals surface area contributed by atoms with E-state index in [-0.39, 0.29) is 12.5 Å². The van der Waals surface area contributed by atoms with Crippen LogP contribution >= 0.6 is 23.2 Å². The second-order valence-corrected chi connectivity index (χ2v) is 6.33. The molecule has 25 heavy (non-hydrogen) atoms. The summed E-state index contributed by atoms with van der Waals surface area (Å²) >= 11 is 11.9. The van der Waals surface area contributed by atoms with Crippen LogP contribution in [0.2, 0.25) is 10.0 Å². The van der Waals surface area contributed by atoms with Crippen molar-refractivity contribution in [1.82, 2.24) is 14.7 Å². The number of aryl methyl sites for hydroxylation is 1. The minimum atomic E-state index is -0.205. The van der Waals surface area contributed by atoms with Crippen molar-refractivity contribution >= 4 is 34.6 Å². The zero-order valence-electron chi connectivity index (χ0n) is 13.4. The van der Waals surface area contributed by atoms with Crippen LogP contribution in [0.3, 0.4) is 0 Å². The largest absolute Gasteiger partial charge is 0.482 e. The molecule has 0 radical (unpaired) electrons. The summed E-state index contributed by atoms with van der Waals surface area (Å²) in [5, 5.41) is 3.75. The molecule has 0 spiro atoms. The van der Waals surface area contributed by atoms with Crippen LogP contribution in [0.4, 0.5) is 0 Å². The molecule has 0 bridgehead atoms. The zero-order valence-corrected chi connectivity index (χ0v) is 14.9. The average Bonchev–Trinajstić information content (AvgIpc) is 3.03. The number of ether oxygens (including phenoxy) is 1. The van der Waals surface area contributed by atoms with Crippen LogP contribution in [-0.2, 0) is 11.2 Å². The van der Waals surface area contributed by atoms with E-state index < -0.39 is 0 Å². The first-order valence-electron chi connectivity index (χ1n) is 7.89. The summed E-state index contributed by atoms with van der Waals surface area (Å²) in [6.07, 6.45) is 5.40. The number of amides is 1. The number of halogens is 2. The first kappa shape index (κ1) is 17.6. The van der Waals surface area contributed by atoms with Gasteiger partial charge in [-0.05, 0) is 30.7 Å². The molecule has 0 aliphatic rings. The molecule has 0 fully saturated rings. The Balaban J connectivity index is 1.41. The fourth-order valence-electron chi connectivity index (χ4n) is 2.44. The summed E-state index contributed by atoms with van der Waals surface area (Å²) in [4.78, 5) is 16.3. The van der Waals surface area contributed by atoms with Gasteiger partial charge >= 0.3 is 0 Å². The highest BCUT2D eigenvalue weighted by atomic mass is 35.5. The molecule has 5 nitrogen and oxygen atoms in total. The zero-order chi connectivity index (χ0) is 17.6. The van der Waals surface area contributed by atoms with E-state index in [9.17, 15) is 4.79 Å². The molecule has 2 aromatic heterocycles. The predicted molar refractivity (Wildman–Crippen MR) is 98.5 cm³/mol. The Bertz CT molecular complexity index is 880. The van der Waals surface area contributed by atoms with Gasteiger partial charge in [-0.3, -0.25) is 4.79 Å². The fourth-order valence-corrected chi connectivity index (χ4v) is 2.78. The summed E-state index contributed by atoms with van der Waals surface area (Å²) in [5.41, 5.74) is 1.06. The van der Waals surface area contributed by atoms with Crippen molar-refractivity contribution in [1.29, 1.82) is 0 Å². The van der Waals surface area contributed by atoms with Gasteiger partial charge in [0.15, 0.2) is 6.61 Å². The number of rotatable bonds is 7. The van der Waals surface area contributed by atoms with E-state index in [1.807, 2.05) is 35.0 Å². The number of carbonyl (C=O) groups excluding carboxylic acids is 1.